The molecule has 6 nitrogen and oxygen atoms in total. The van der Waals surface area contributed by atoms with E-state index in [1.54, 1.807) is 24.3 Å². The first kappa shape index (κ1) is 22.9. The summed E-state index contributed by atoms with van der Waals surface area (Å²) in [6, 6.07) is 13.4. The lowest BCUT2D eigenvalue weighted by atomic mass is 9.79. The van der Waals surface area contributed by atoms with Gasteiger partial charge in [-0.25, -0.2) is 0 Å². The second kappa shape index (κ2) is 8.25. The number of imide groups is 1. The van der Waals surface area contributed by atoms with E-state index >= 15 is 0 Å². The molecule has 3 aromatic rings. The van der Waals surface area contributed by atoms with Crippen LogP contribution >= 0.6 is 0 Å². The number of benzene rings is 2. The second-order valence-electron chi connectivity index (χ2n) is 10.7. The molecule has 4 rings (SSSR count). The molecule has 2 aromatic carbocycles. The Kier molecular flexibility index (Phi) is 5.72. The normalized spacial score (nSPS) is 14.2. The van der Waals surface area contributed by atoms with Gasteiger partial charge in [-0.15, -0.1) is 10.2 Å². The highest BCUT2D eigenvalue weighted by Crippen LogP contribution is 2.33. The van der Waals surface area contributed by atoms with Gasteiger partial charge >= 0.3 is 0 Å². The first-order chi connectivity index (χ1) is 15.4. The average molecular weight is 446 g/mol. The number of aromatic nitrogens is 2. The molecular weight excluding hydrogens is 414 g/mol. The maximum absolute atomic E-state index is 12.5. The maximum atomic E-state index is 12.5. The van der Waals surface area contributed by atoms with Crippen LogP contribution < -0.4 is 0 Å². The van der Waals surface area contributed by atoms with E-state index in [0.717, 1.165) is 5.56 Å². The number of aryl methyl sites for hydroxylation is 1. The lowest BCUT2D eigenvalue weighted by Crippen LogP contribution is -2.30. The van der Waals surface area contributed by atoms with E-state index in [1.807, 2.05) is 0 Å². The second-order valence-corrected chi connectivity index (χ2v) is 10.7. The molecule has 33 heavy (non-hydrogen) atoms. The predicted molar refractivity (Wildman–Crippen MR) is 127 cm³/mol. The molecule has 0 radical (unpaired) electrons. The Morgan fingerprint density at radius 2 is 1.36 bits per heavy atom. The van der Waals surface area contributed by atoms with Gasteiger partial charge < -0.3 is 4.42 Å². The highest BCUT2D eigenvalue weighted by molar-refractivity contribution is 6.21. The van der Waals surface area contributed by atoms with Crippen molar-refractivity contribution in [2.24, 2.45) is 0 Å². The largest absolute Gasteiger partial charge is 0.421 e. The summed E-state index contributed by atoms with van der Waals surface area (Å²) in [5.41, 5.74) is 4.26. The zero-order valence-corrected chi connectivity index (χ0v) is 20.2. The van der Waals surface area contributed by atoms with E-state index in [2.05, 4.69) is 69.9 Å². The van der Waals surface area contributed by atoms with Crippen molar-refractivity contribution in [1.29, 1.82) is 0 Å². The third kappa shape index (κ3) is 4.61. The van der Waals surface area contributed by atoms with Crippen molar-refractivity contribution in [3.63, 3.8) is 0 Å². The van der Waals surface area contributed by atoms with Gasteiger partial charge in [0.15, 0.2) is 0 Å². The van der Waals surface area contributed by atoms with E-state index in [-0.39, 0.29) is 22.6 Å². The third-order valence-electron chi connectivity index (χ3n) is 6.03. The molecule has 2 amide bonds. The Bertz CT molecular complexity index is 1140. The summed E-state index contributed by atoms with van der Waals surface area (Å²) < 4.78 is 5.97. The molecule has 0 bridgehead atoms. The van der Waals surface area contributed by atoms with Crippen LogP contribution in [0.3, 0.4) is 0 Å². The SMILES string of the molecule is CC(C)(C)c1cc(-c2nnc(CCCN3C(=O)c4ccccc4C3=O)o2)cc(C(C)(C)C)c1. The molecule has 6 heteroatoms. The zero-order chi connectivity index (χ0) is 24.0. The molecule has 1 aliphatic heterocycles. The smallest absolute Gasteiger partial charge is 0.261 e. The molecule has 0 aliphatic carbocycles. The molecule has 0 unspecified atom stereocenters. The first-order valence-corrected chi connectivity index (χ1v) is 11.4. The van der Waals surface area contributed by atoms with Crippen LogP contribution in [0, 0.1) is 0 Å². The van der Waals surface area contributed by atoms with E-state index in [9.17, 15) is 9.59 Å². The summed E-state index contributed by atoms with van der Waals surface area (Å²) in [5, 5.41) is 8.49. The van der Waals surface area contributed by atoms with Crippen molar-refractivity contribution < 1.29 is 14.0 Å². The van der Waals surface area contributed by atoms with E-state index in [0.29, 0.717) is 42.3 Å². The number of rotatable bonds is 5. The highest BCUT2D eigenvalue weighted by Gasteiger charge is 2.34. The first-order valence-electron chi connectivity index (χ1n) is 11.4. The molecule has 1 aliphatic rings. The van der Waals surface area contributed by atoms with Crippen LogP contribution in [-0.2, 0) is 17.3 Å². The topological polar surface area (TPSA) is 76.3 Å². The Labute approximate surface area is 195 Å². The van der Waals surface area contributed by atoms with Crippen LogP contribution in [0.15, 0.2) is 46.9 Å². The van der Waals surface area contributed by atoms with Gasteiger partial charge in [0.1, 0.15) is 0 Å². The Morgan fingerprint density at radius 3 is 1.88 bits per heavy atom. The minimum Gasteiger partial charge on any atom is -0.421 e. The van der Waals surface area contributed by atoms with Gasteiger partial charge in [0.2, 0.25) is 11.8 Å². The number of carbonyl (C=O) groups is 2. The standard InChI is InChI=1S/C27H31N3O3/c1-26(2,3)18-14-17(15-19(16-18)27(4,5)6)23-29-28-22(33-23)12-9-13-30-24(31)20-10-7-8-11-21(20)25(30)32/h7-8,10-11,14-16H,9,12-13H2,1-6H3. The fourth-order valence-electron chi connectivity index (χ4n) is 3.92. The van der Waals surface area contributed by atoms with Crippen LogP contribution in [-0.4, -0.2) is 33.5 Å². The number of amides is 2. The van der Waals surface area contributed by atoms with Crippen LogP contribution in [0.5, 0.6) is 0 Å². The number of nitrogens with zero attached hydrogens (tertiary/aromatic N) is 3. The predicted octanol–water partition coefficient (Wildman–Crippen LogP) is 5.56. The van der Waals surface area contributed by atoms with Gasteiger partial charge in [0, 0.05) is 18.5 Å². The fraction of sp³-hybridized carbons (Fsp3) is 0.407. The molecule has 172 valence electrons. The minimum absolute atomic E-state index is 0.00869. The quantitative estimate of drug-likeness (QED) is 0.481. The lowest BCUT2D eigenvalue weighted by Gasteiger charge is -2.25. The van der Waals surface area contributed by atoms with Crippen molar-refractivity contribution in [1.82, 2.24) is 15.1 Å². The van der Waals surface area contributed by atoms with E-state index in [4.69, 9.17) is 4.42 Å². The molecule has 0 atom stereocenters. The van der Waals surface area contributed by atoms with Crippen molar-refractivity contribution in [2.45, 2.75) is 65.2 Å². The summed E-state index contributed by atoms with van der Waals surface area (Å²) in [7, 11) is 0. The minimum atomic E-state index is -0.240. The van der Waals surface area contributed by atoms with Gasteiger partial charge in [0.25, 0.3) is 11.8 Å². The molecule has 1 aromatic heterocycles. The lowest BCUT2D eigenvalue weighted by molar-refractivity contribution is 0.0651. The van der Waals surface area contributed by atoms with E-state index < -0.39 is 0 Å². The average Bonchev–Trinajstić information content (AvgIpc) is 3.31. The third-order valence-corrected chi connectivity index (χ3v) is 6.03. The maximum Gasteiger partial charge on any atom is 0.261 e. The summed E-state index contributed by atoms with van der Waals surface area (Å²) >= 11 is 0. The van der Waals surface area contributed by atoms with Gasteiger partial charge in [-0.3, -0.25) is 14.5 Å². The summed E-state index contributed by atoms with van der Waals surface area (Å²) in [4.78, 5) is 26.3. The van der Waals surface area contributed by atoms with Crippen LogP contribution in [0.25, 0.3) is 11.5 Å². The monoisotopic (exact) mass is 445 g/mol. The van der Waals surface area contributed by atoms with Crippen molar-refractivity contribution in [3.05, 3.63) is 70.6 Å². The highest BCUT2D eigenvalue weighted by atomic mass is 16.4. The Hall–Kier alpha value is -3.28. The van der Waals surface area contributed by atoms with Crippen LogP contribution in [0.2, 0.25) is 0 Å². The number of fused-ring (bicyclic) bond motifs is 1. The fourth-order valence-corrected chi connectivity index (χ4v) is 3.92. The van der Waals surface area contributed by atoms with Crippen molar-refractivity contribution >= 4 is 11.8 Å². The zero-order valence-electron chi connectivity index (χ0n) is 20.2. The van der Waals surface area contributed by atoms with Crippen molar-refractivity contribution in [3.8, 4) is 11.5 Å². The van der Waals surface area contributed by atoms with Gasteiger partial charge in [-0.2, -0.15) is 0 Å². The summed E-state index contributed by atoms with van der Waals surface area (Å²) in [6.45, 7) is 13.5. The molecule has 0 N–H and O–H groups in total. The molecule has 0 saturated heterocycles. The Balaban J connectivity index is 1.48. The Morgan fingerprint density at radius 1 is 0.818 bits per heavy atom. The summed E-state index contributed by atoms with van der Waals surface area (Å²) in [6.07, 6.45) is 1.05. The molecule has 0 spiro atoms. The van der Waals surface area contributed by atoms with E-state index in [1.165, 1.54) is 16.0 Å². The van der Waals surface area contributed by atoms with Crippen LogP contribution in [0.4, 0.5) is 0 Å². The number of hydrogen-bond acceptors (Lipinski definition) is 5. The van der Waals surface area contributed by atoms with Crippen LogP contribution in [0.1, 0.15) is 85.7 Å². The summed E-state index contributed by atoms with van der Waals surface area (Å²) in [5.74, 6) is 0.508. The number of carbonyl (C=O) groups excluding carboxylic acids is 2. The number of hydrogen-bond donors (Lipinski definition) is 0. The van der Waals surface area contributed by atoms with Gasteiger partial charge in [-0.05, 0) is 52.6 Å². The molecule has 2 heterocycles. The molecule has 0 saturated carbocycles. The van der Waals surface area contributed by atoms with Gasteiger partial charge in [-0.1, -0.05) is 59.7 Å². The molecule has 0 fully saturated rings. The van der Waals surface area contributed by atoms with Crippen molar-refractivity contribution in [2.75, 3.05) is 6.54 Å². The van der Waals surface area contributed by atoms with Gasteiger partial charge in [0.05, 0.1) is 11.1 Å². The molecular formula is C27H31N3O3.